The van der Waals surface area contributed by atoms with E-state index < -0.39 is 10.0 Å². The topological polar surface area (TPSA) is 72.6 Å². The van der Waals surface area contributed by atoms with Gasteiger partial charge in [0.05, 0.1) is 16.0 Å². The maximum atomic E-state index is 11.2. The highest BCUT2D eigenvalue weighted by molar-refractivity contribution is 9.10. The molecule has 0 bridgehead atoms. The van der Waals surface area contributed by atoms with Crippen molar-refractivity contribution in [1.29, 1.82) is 0 Å². The molecular weight excluding hydrogens is 344 g/mol. The van der Waals surface area contributed by atoms with Gasteiger partial charge in [-0.3, -0.25) is 0 Å². The Morgan fingerprint density at radius 1 is 1.30 bits per heavy atom. The Morgan fingerprint density at radius 3 is 2.60 bits per heavy atom. The van der Waals surface area contributed by atoms with Gasteiger partial charge in [-0.15, -0.1) is 0 Å². The van der Waals surface area contributed by atoms with Crippen molar-refractivity contribution in [3.63, 3.8) is 0 Å². The summed E-state index contributed by atoms with van der Waals surface area (Å²) in [6.07, 6.45) is 3.55. The molecule has 2 N–H and O–H groups in total. The Labute approximate surface area is 128 Å². The molecule has 0 radical (unpaired) electrons. The smallest absolute Gasteiger partial charge is 0.238 e. The van der Waals surface area contributed by atoms with E-state index in [1.165, 1.54) is 38.1 Å². The minimum atomic E-state index is -3.67. The molecule has 0 aliphatic carbocycles. The van der Waals surface area contributed by atoms with E-state index in [-0.39, 0.29) is 4.90 Å². The largest absolute Gasteiger partial charge is 0.492 e. The van der Waals surface area contributed by atoms with Crippen LogP contribution in [0.2, 0.25) is 0 Å². The van der Waals surface area contributed by atoms with Crippen molar-refractivity contribution in [2.45, 2.75) is 24.2 Å². The summed E-state index contributed by atoms with van der Waals surface area (Å²) in [5.41, 5.74) is 0. The van der Waals surface area contributed by atoms with Gasteiger partial charge >= 0.3 is 0 Å². The number of hydrogen-bond donors (Lipinski definition) is 1. The van der Waals surface area contributed by atoms with Crippen LogP contribution in [0.15, 0.2) is 27.6 Å². The average molecular weight is 363 g/mol. The van der Waals surface area contributed by atoms with Gasteiger partial charge < -0.3 is 9.64 Å². The molecule has 1 aliphatic heterocycles. The van der Waals surface area contributed by atoms with E-state index in [4.69, 9.17) is 9.88 Å². The van der Waals surface area contributed by atoms with E-state index in [1.54, 1.807) is 6.07 Å². The molecule has 1 aliphatic rings. The first-order chi connectivity index (χ1) is 9.47. The Hall–Kier alpha value is -0.630. The number of ether oxygens (including phenoxy) is 1. The average Bonchev–Trinajstić information content (AvgIpc) is 2.88. The van der Waals surface area contributed by atoms with Crippen LogP contribution in [-0.2, 0) is 10.0 Å². The predicted molar refractivity (Wildman–Crippen MR) is 81.3 cm³/mol. The van der Waals surface area contributed by atoms with E-state index in [9.17, 15) is 8.42 Å². The van der Waals surface area contributed by atoms with E-state index in [0.717, 1.165) is 13.0 Å². The molecule has 7 heteroatoms. The van der Waals surface area contributed by atoms with Crippen molar-refractivity contribution in [2.24, 2.45) is 5.14 Å². The second kappa shape index (κ2) is 6.89. The second-order valence-corrected chi connectivity index (χ2v) is 7.30. The van der Waals surface area contributed by atoms with E-state index >= 15 is 0 Å². The number of hydrogen-bond acceptors (Lipinski definition) is 4. The summed E-state index contributed by atoms with van der Waals surface area (Å²) in [4.78, 5) is 2.51. The van der Waals surface area contributed by atoms with Crippen molar-refractivity contribution < 1.29 is 13.2 Å². The summed E-state index contributed by atoms with van der Waals surface area (Å²) in [6, 6.07) is 4.54. The van der Waals surface area contributed by atoms with Crippen LogP contribution in [0.3, 0.4) is 0 Å². The van der Waals surface area contributed by atoms with Crippen LogP contribution in [0, 0.1) is 0 Å². The first kappa shape index (κ1) is 15.8. The molecule has 1 aromatic carbocycles. The minimum absolute atomic E-state index is 0.0776. The van der Waals surface area contributed by atoms with Gasteiger partial charge in [0, 0.05) is 6.54 Å². The van der Waals surface area contributed by atoms with Crippen molar-refractivity contribution in [3.05, 3.63) is 22.7 Å². The first-order valence-electron chi connectivity index (χ1n) is 6.64. The number of likely N-dealkylation sites (tertiary alicyclic amines) is 1. The van der Waals surface area contributed by atoms with Crippen molar-refractivity contribution in [2.75, 3.05) is 26.2 Å². The highest BCUT2D eigenvalue weighted by atomic mass is 79.9. The number of sulfonamides is 1. The number of nitrogens with two attached hydrogens (primary N) is 1. The van der Waals surface area contributed by atoms with Crippen LogP contribution in [0.1, 0.15) is 19.3 Å². The van der Waals surface area contributed by atoms with E-state index in [2.05, 4.69) is 20.8 Å². The summed E-state index contributed by atoms with van der Waals surface area (Å²) in [5, 5.41) is 5.07. The third kappa shape index (κ3) is 4.44. The molecular formula is C13H19BrN2O3S. The van der Waals surface area contributed by atoms with Gasteiger partial charge in [-0.25, -0.2) is 13.6 Å². The Bertz CT molecular complexity index is 557. The van der Waals surface area contributed by atoms with Gasteiger partial charge in [0.2, 0.25) is 10.0 Å². The fourth-order valence-corrected chi connectivity index (χ4v) is 3.44. The normalized spacial score (nSPS) is 16.5. The molecule has 1 fully saturated rings. The lowest BCUT2D eigenvalue weighted by Gasteiger charge is -2.15. The summed E-state index contributed by atoms with van der Waals surface area (Å²) < 4.78 is 28.7. The lowest BCUT2D eigenvalue weighted by molar-refractivity contribution is 0.262. The highest BCUT2D eigenvalue weighted by Crippen LogP contribution is 2.27. The van der Waals surface area contributed by atoms with Gasteiger partial charge in [-0.2, -0.15) is 0 Å². The van der Waals surface area contributed by atoms with E-state index in [0.29, 0.717) is 16.8 Å². The lowest BCUT2D eigenvalue weighted by atomic mass is 10.3. The zero-order chi connectivity index (χ0) is 14.6. The molecule has 0 saturated carbocycles. The molecule has 2 rings (SSSR count). The number of nitrogens with zero attached hydrogens (tertiary/aromatic N) is 1. The molecule has 5 nitrogen and oxygen atoms in total. The van der Waals surface area contributed by atoms with Crippen molar-refractivity contribution in [3.8, 4) is 5.75 Å². The molecule has 0 unspecified atom stereocenters. The van der Waals surface area contributed by atoms with Crippen LogP contribution in [0.5, 0.6) is 5.75 Å². The van der Waals surface area contributed by atoms with Crippen LogP contribution >= 0.6 is 15.9 Å². The van der Waals surface area contributed by atoms with Crippen LogP contribution in [0.25, 0.3) is 0 Å². The van der Waals surface area contributed by atoms with Crippen LogP contribution in [-0.4, -0.2) is 39.6 Å². The molecule has 0 spiro atoms. The Balaban J connectivity index is 1.83. The third-order valence-corrected chi connectivity index (χ3v) is 4.84. The second-order valence-electron chi connectivity index (χ2n) is 4.89. The fourth-order valence-electron chi connectivity index (χ4n) is 2.25. The standard InChI is InChI=1S/C13H19BrN2O3S/c14-12-10-11(20(15,17)18)4-5-13(12)19-9-3-8-16-6-1-2-7-16/h4-5,10H,1-3,6-9H2,(H2,15,17,18). The summed E-state index contributed by atoms with van der Waals surface area (Å²) in [6.45, 7) is 4.04. The van der Waals surface area contributed by atoms with Crippen molar-refractivity contribution >= 4 is 26.0 Å². The number of rotatable bonds is 6. The summed E-state index contributed by atoms with van der Waals surface area (Å²) in [5.74, 6) is 0.638. The van der Waals surface area contributed by atoms with Gasteiger partial charge in [0.1, 0.15) is 5.75 Å². The van der Waals surface area contributed by atoms with Crippen molar-refractivity contribution in [1.82, 2.24) is 4.90 Å². The number of primary sulfonamides is 1. The summed E-state index contributed by atoms with van der Waals surface area (Å²) in [7, 11) is -3.67. The quantitative estimate of drug-likeness (QED) is 0.785. The molecule has 1 heterocycles. The summed E-state index contributed by atoms with van der Waals surface area (Å²) >= 11 is 3.30. The zero-order valence-corrected chi connectivity index (χ0v) is 13.6. The van der Waals surface area contributed by atoms with Crippen LogP contribution in [0.4, 0.5) is 0 Å². The highest BCUT2D eigenvalue weighted by Gasteiger charge is 2.12. The number of halogens is 1. The Morgan fingerprint density at radius 2 is 2.00 bits per heavy atom. The minimum Gasteiger partial charge on any atom is -0.492 e. The maximum absolute atomic E-state index is 11.2. The first-order valence-corrected chi connectivity index (χ1v) is 8.98. The number of benzene rings is 1. The van der Waals surface area contributed by atoms with E-state index in [1.807, 2.05) is 0 Å². The monoisotopic (exact) mass is 362 g/mol. The predicted octanol–water partition coefficient (Wildman–Crippen LogP) is 1.96. The molecule has 1 aromatic rings. The lowest BCUT2D eigenvalue weighted by Crippen LogP contribution is -2.21. The van der Waals surface area contributed by atoms with Gasteiger partial charge in [0.15, 0.2) is 0 Å². The van der Waals surface area contributed by atoms with Gasteiger partial charge in [-0.05, 0) is 66.5 Å². The zero-order valence-electron chi connectivity index (χ0n) is 11.2. The maximum Gasteiger partial charge on any atom is 0.238 e. The van der Waals surface area contributed by atoms with Gasteiger partial charge in [-0.1, -0.05) is 0 Å². The molecule has 0 atom stereocenters. The van der Waals surface area contributed by atoms with Crippen LogP contribution < -0.4 is 9.88 Å². The van der Waals surface area contributed by atoms with Gasteiger partial charge in [0.25, 0.3) is 0 Å². The molecule has 1 saturated heterocycles. The Kier molecular flexibility index (Phi) is 5.42. The molecule has 20 heavy (non-hydrogen) atoms. The molecule has 0 amide bonds. The third-order valence-electron chi connectivity index (χ3n) is 3.31. The molecule has 112 valence electrons. The SMILES string of the molecule is NS(=O)(=O)c1ccc(OCCCN2CCCC2)c(Br)c1. The fraction of sp³-hybridized carbons (Fsp3) is 0.538. The molecule has 0 aromatic heterocycles.